The largest absolute Gasteiger partial charge is 0.389 e. The molecule has 0 atom stereocenters. The van der Waals surface area contributed by atoms with Crippen molar-refractivity contribution in [1.82, 2.24) is 19.9 Å². The maximum atomic E-state index is 13.4. The van der Waals surface area contributed by atoms with E-state index in [4.69, 9.17) is 11.6 Å². The van der Waals surface area contributed by atoms with Crippen LogP contribution in [0.2, 0.25) is 5.15 Å². The molecule has 0 unspecified atom stereocenters. The van der Waals surface area contributed by atoms with Crippen LogP contribution in [0.3, 0.4) is 0 Å². The van der Waals surface area contributed by atoms with Crippen LogP contribution in [0.1, 0.15) is 24.2 Å². The average Bonchev–Trinajstić information content (AvgIpc) is 3.13. The highest BCUT2D eigenvalue weighted by molar-refractivity contribution is 6.29. The number of hydrogen-bond donors (Lipinski definition) is 1. The molecule has 2 aliphatic rings. The monoisotopic (exact) mass is 449 g/mol. The first-order chi connectivity index (χ1) is 14.8. The molecule has 5 rings (SSSR count). The topological polar surface area (TPSA) is 63.1 Å². The van der Waals surface area contributed by atoms with Crippen molar-refractivity contribution in [1.29, 1.82) is 0 Å². The number of aromatic nitrogens is 3. The Kier molecular flexibility index (Phi) is 4.71. The van der Waals surface area contributed by atoms with Gasteiger partial charge in [-0.3, -0.25) is 4.79 Å². The number of fused-ring (bicyclic) bond motifs is 3. The highest BCUT2D eigenvalue weighted by atomic mass is 35.5. The third kappa shape index (κ3) is 3.36. The Morgan fingerprint density at radius 3 is 2.61 bits per heavy atom. The Morgan fingerprint density at radius 2 is 1.90 bits per heavy atom. The minimum atomic E-state index is -4.23. The van der Waals surface area contributed by atoms with Crippen LogP contribution in [0, 0.1) is 0 Å². The van der Waals surface area contributed by atoms with Crippen LogP contribution < -0.4 is 10.2 Å². The lowest BCUT2D eigenvalue weighted by Gasteiger charge is -2.38. The van der Waals surface area contributed by atoms with Gasteiger partial charge in [-0.1, -0.05) is 29.8 Å². The Labute approximate surface area is 181 Å². The number of amides is 1. The number of para-hydroxylation sites is 1. The van der Waals surface area contributed by atoms with E-state index in [1.54, 1.807) is 21.6 Å². The smallest absolute Gasteiger partial charge is 0.325 e. The van der Waals surface area contributed by atoms with Crippen molar-refractivity contribution in [2.45, 2.75) is 37.5 Å². The van der Waals surface area contributed by atoms with Crippen LogP contribution in [0.25, 0.3) is 11.2 Å². The number of hydrogen-bond acceptors (Lipinski definition) is 4. The first kappa shape index (κ1) is 20.3. The molecule has 4 heterocycles. The van der Waals surface area contributed by atoms with Crippen molar-refractivity contribution in [2.24, 2.45) is 0 Å². The predicted molar refractivity (Wildman–Crippen MR) is 110 cm³/mol. The minimum absolute atomic E-state index is 0.0210. The Hall–Kier alpha value is -2.65. The summed E-state index contributed by atoms with van der Waals surface area (Å²) < 4.78 is 39.9. The van der Waals surface area contributed by atoms with Crippen molar-refractivity contribution < 1.29 is 18.0 Å². The molecule has 1 amide bonds. The number of nitrogens with zero attached hydrogens (tertiary/aromatic N) is 4. The van der Waals surface area contributed by atoms with Crippen LogP contribution in [0.4, 0.5) is 18.9 Å². The Bertz CT molecular complexity index is 1170. The molecule has 2 aliphatic heterocycles. The second-order valence-corrected chi connectivity index (χ2v) is 8.36. The van der Waals surface area contributed by atoms with Gasteiger partial charge in [0.2, 0.25) is 5.91 Å². The lowest BCUT2D eigenvalue weighted by atomic mass is 9.76. The van der Waals surface area contributed by atoms with Crippen molar-refractivity contribution >= 4 is 34.4 Å². The standard InChI is InChI=1S/C21H19ClF3N5O/c22-16-7-6-15-18(27-16)28-17(29(15)9-3-8-21(23,24)25)10-30-14-5-2-1-4-13(14)20(19(30)31)11-26-12-20/h1-2,4-7,26H,3,8-12H2. The van der Waals surface area contributed by atoms with Crippen molar-refractivity contribution in [3.8, 4) is 0 Å². The van der Waals surface area contributed by atoms with Gasteiger partial charge >= 0.3 is 6.18 Å². The summed E-state index contributed by atoms with van der Waals surface area (Å²) in [5.41, 5.74) is 2.16. The number of rotatable bonds is 5. The molecule has 0 saturated carbocycles. The van der Waals surface area contributed by atoms with Gasteiger partial charge in [0.15, 0.2) is 5.65 Å². The van der Waals surface area contributed by atoms with Crippen LogP contribution >= 0.6 is 11.6 Å². The van der Waals surface area contributed by atoms with Crippen LogP contribution in [0.5, 0.6) is 0 Å². The van der Waals surface area contributed by atoms with Crippen LogP contribution in [-0.2, 0) is 23.3 Å². The van der Waals surface area contributed by atoms with Gasteiger partial charge in [0.25, 0.3) is 0 Å². The molecule has 0 aliphatic carbocycles. The van der Waals surface area contributed by atoms with E-state index in [0.29, 0.717) is 30.1 Å². The van der Waals surface area contributed by atoms with E-state index < -0.39 is 18.0 Å². The number of carbonyl (C=O) groups is 1. The van der Waals surface area contributed by atoms with E-state index in [9.17, 15) is 18.0 Å². The number of imidazole rings is 1. The first-order valence-corrected chi connectivity index (χ1v) is 10.4. The van der Waals surface area contributed by atoms with E-state index in [2.05, 4.69) is 15.3 Å². The average molecular weight is 450 g/mol. The van der Waals surface area contributed by atoms with E-state index in [-0.39, 0.29) is 30.6 Å². The maximum absolute atomic E-state index is 13.4. The SMILES string of the molecule is O=C1N(Cc2nc3nc(Cl)ccc3n2CCCC(F)(F)F)c2ccccc2C12CNC2. The van der Waals surface area contributed by atoms with Gasteiger partial charge in [0.05, 0.1) is 12.1 Å². The summed E-state index contributed by atoms with van der Waals surface area (Å²) in [7, 11) is 0. The van der Waals surface area contributed by atoms with Crippen molar-refractivity contribution in [3.05, 3.63) is 52.9 Å². The molecule has 31 heavy (non-hydrogen) atoms. The highest BCUT2D eigenvalue weighted by Gasteiger charge is 2.54. The van der Waals surface area contributed by atoms with Crippen molar-refractivity contribution in [3.63, 3.8) is 0 Å². The number of alkyl halides is 3. The summed E-state index contributed by atoms with van der Waals surface area (Å²) in [4.78, 5) is 23.8. The molecule has 1 N–H and O–H groups in total. The van der Waals surface area contributed by atoms with Gasteiger partial charge in [-0.15, -0.1) is 0 Å². The first-order valence-electron chi connectivity index (χ1n) is 9.99. The van der Waals surface area contributed by atoms with E-state index >= 15 is 0 Å². The second kappa shape index (κ2) is 7.20. The lowest BCUT2D eigenvalue weighted by Crippen LogP contribution is -2.61. The normalized spacial score (nSPS) is 17.4. The molecular formula is C21H19ClF3N5O. The van der Waals surface area contributed by atoms with Gasteiger partial charge in [-0.2, -0.15) is 13.2 Å². The number of carbonyl (C=O) groups excluding carboxylic acids is 1. The predicted octanol–water partition coefficient (Wildman–Crippen LogP) is 3.82. The summed E-state index contributed by atoms with van der Waals surface area (Å²) in [6.07, 6.45) is -5.22. The zero-order valence-corrected chi connectivity index (χ0v) is 17.2. The molecule has 2 aromatic heterocycles. The third-order valence-electron chi connectivity index (χ3n) is 6.02. The lowest BCUT2D eigenvalue weighted by molar-refractivity contribution is -0.135. The summed E-state index contributed by atoms with van der Waals surface area (Å²) in [6.45, 7) is 1.40. The molecule has 0 radical (unpaired) electrons. The molecule has 6 nitrogen and oxygen atoms in total. The van der Waals surface area contributed by atoms with Gasteiger partial charge in [0.1, 0.15) is 16.4 Å². The molecule has 162 valence electrons. The number of pyridine rings is 1. The van der Waals surface area contributed by atoms with Gasteiger partial charge in [-0.25, -0.2) is 9.97 Å². The number of aryl methyl sites for hydroxylation is 1. The molecule has 1 spiro atoms. The van der Waals surface area contributed by atoms with Gasteiger partial charge < -0.3 is 14.8 Å². The number of nitrogens with one attached hydrogen (secondary N) is 1. The fourth-order valence-electron chi connectivity index (χ4n) is 4.45. The van der Waals surface area contributed by atoms with Gasteiger partial charge in [0, 0.05) is 31.7 Å². The molecule has 10 heteroatoms. The summed E-state index contributed by atoms with van der Waals surface area (Å²) >= 11 is 5.99. The zero-order chi connectivity index (χ0) is 21.8. The van der Waals surface area contributed by atoms with E-state index in [1.165, 1.54) is 0 Å². The fourth-order valence-corrected chi connectivity index (χ4v) is 4.60. The summed E-state index contributed by atoms with van der Waals surface area (Å²) in [5, 5.41) is 3.43. The molecule has 0 bridgehead atoms. The molecule has 1 aromatic carbocycles. The van der Waals surface area contributed by atoms with E-state index in [0.717, 1.165) is 11.3 Å². The molecule has 1 fully saturated rings. The number of benzene rings is 1. The second-order valence-electron chi connectivity index (χ2n) is 7.97. The number of anilines is 1. The summed E-state index contributed by atoms with van der Waals surface area (Å²) in [5.74, 6) is 0.465. The molecule has 1 saturated heterocycles. The van der Waals surface area contributed by atoms with Crippen LogP contribution in [0.15, 0.2) is 36.4 Å². The quantitative estimate of drug-likeness (QED) is 0.602. The minimum Gasteiger partial charge on any atom is -0.325 e. The molecular weight excluding hydrogens is 431 g/mol. The zero-order valence-electron chi connectivity index (χ0n) is 16.4. The fraction of sp³-hybridized carbons (Fsp3) is 0.381. The summed E-state index contributed by atoms with van der Waals surface area (Å²) in [6, 6.07) is 10.9. The van der Waals surface area contributed by atoms with Gasteiger partial charge in [-0.05, 0) is 30.2 Å². The van der Waals surface area contributed by atoms with E-state index in [1.807, 2.05) is 24.3 Å². The van der Waals surface area contributed by atoms with Crippen molar-refractivity contribution in [2.75, 3.05) is 18.0 Å². The highest BCUT2D eigenvalue weighted by Crippen LogP contribution is 2.44. The molecule has 3 aromatic rings. The Balaban J connectivity index is 1.51. The Morgan fingerprint density at radius 1 is 1.13 bits per heavy atom. The maximum Gasteiger partial charge on any atom is 0.389 e. The third-order valence-corrected chi connectivity index (χ3v) is 6.23. The number of halogens is 4. The van der Waals surface area contributed by atoms with Crippen LogP contribution in [-0.4, -0.2) is 39.7 Å².